The summed E-state index contributed by atoms with van der Waals surface area (Å²) >= 11 is 3.36. The van der Waals surface area contributed by atoms with Crippen molar-refractivity contribution in [3.05, 3.63) is 147 Å². The van der Waals surface area contributed by atoms with Gasteiger partial charge in [0.2, 0.25) is 0 Å². The van der Waals surface area contributed by atoms with Crippen molar-refractivity contribution < 1.29 is 27.2 Å². The van der Waals surface area contributed by atoms with Crippen LogP contribution in [0.25, 0.3) is 11.1 Å². The van der Waals surface area contributed by atoms with Crippen LogP contribution < -0.4 is 0 Å². The van der Waals surface area contributed by atoms with Crippen molar-refractivity contribution in [2.24, 2.45) is 0 Å². The van der Waals surface area contributed by atoms with Crippen molar-refractivity contribution in [2.45, 2.75) is 51.4 Å². The lowest BCUT2D eigenvalue weighted by atomic mass is 9.86. The zero-order valence-corrected chi connectivity index (χ0v) is 27.0. The van der Waals surface area contributed by atoms with Crippen molar-refractivity contribution >= 4 is 27.5 Å². The molecule has 0 spiro atoms. The summed E-state index contributed by atoms with van der Waals surface area (Å²) < 4.78 is 54.4. The minimum Gasteiger partial charge on any atom is -0.300 e. The van der Waals surface area contributed by atoms with E-state index < -0.39 is 23.3 Å². The third kappa shape index (κ3) is 9.10. The quantitative estimate of drug-likeness (QED) is 0.140. The largest absolute Gasteiger partial charge is 0.300 e. The smallest absolute Gasteiger partial charge is 0.159 e. The van der Waals surface area contributed by atoms with Gasteiger partial charge in [0.05, 0.1) is 6.20 Å². The SMILES string of the molecule is CCC(=O)CC(c1ccc(-c2cn[nH]c2)cc1)c1ccc(F)c(F)c1.CCC(=O)CC(c1ccc(Br)cc1)c1ccc(F)c(F)c1. The van der Waals surface area contributed by atoms with Crippen molar-refractivity contribution in [3.63, 3.8) is 0 Å². The highest BCUT2D eigenvalue weighted by Crippen LogP contribution is 2.32. The lowest BCUT2D eigenvalue weighted by Crippen LogP contribution is -2.08. The van der Waals surface area contributed by atoms with E-state index in [-0.39, 0.29) is 36.2 Å². The Bertz CT molecular complexity index is 1760. The average molecular weight is 694 g/mol. The van der Waals surface area contributed by atoms with Crippen LogP contribution >= 0.6 is 15.9 Å². The number of Topliss-reactive ketones (excluding diaryl/α,β-unsaturated/α-hetero) is 2. The van der Waals surface area contributed by atoms with Gasteiger partial charge in [-0.3, -0.25) is 14.7 Å². The van der Waals surface area contributed by atoms with Gasteiger partial charge in [-0.05, 0) is 64.2 Å². The second-order valence-electron chi connectivity index (χ2n) is 10.8. The minimum atomic E-state index is -0.901. The molecule has 5 rings (SSSR count). The van der Waals surface area contributed by atoms with Gasteiger partial charge < -0.3 is 0 Å². The first-order chi connectivity index (χ1) is 22.1. The molecule has 0 fully saturated rings. The van der Waals surface area contributed by atoms with Crippen molar-refractivity contribution in [3.8, 4) is 11.1 Å². The number of halogens is 5. The Balaban J connectivity index is 0.000000212. The highest BCUT2D eigenvalue weighted by atomic mass is 79.9. The molecular weight excluding hydrogens is 660 g/mol. The van der Waals surface area contributed by atoms with E-state index in [1.807, 2.05) is 48.5 Å². The number of carbonyl (C=O) groups excluding carboxylic acids is 2. The second kappa shape index (κ2) is 16.3. The first kappa shape index (κ1) is 34.5. The molecule has 5 aromatic rings. The Morgan fingerprint density at radius 2 is 1.07 bits per heavy atom. The van der Waals surface area contributed by atoms with Crippen LogP contribution in [0.4, 0.5) is 17.6 Å². The molecule has 0 aliphatic heterocycles. The number of aromatic amines is 1. The number of carbonyl (C=O) groups is 2. The Morgan fingerprint density at radius 3 is 1.46 bits per heavy atom. The van der Waals surface area contributed by atoms with Crippen molar-refractivity contribution in [1.29, 1.82) is 0 Å². The van der Waals surface area contributed by atoms with Crippen LogP contribution in [-0.4, -0.2) is 21.8 Å². The van der Waals surface area contributed by atoms with Gasteiger partial charge in [0, 0.05) is 53.8 Å². The standard InChI is InChI=1S/C20H18F2N2O.C17H15BrF2O/c1-2-17(25)10-18(15-7-8-19(21)20(22)9-15)14-5-3-13(4-6-14)16-11-23-24-12-16;1-2-14(21)10-15(11-3-6-13(18)7-4-11)12-5-8-16(19)17(20)9-12/h3-9,11-12,18H,2,10H2,1H3,(H,23,24);3-9,15H,2,10H2,1H3. The molecule has 0 amide bonds. The molecule has 0 radical (unpaired) electrons. The molecule has 46 heavy (non-hydrogen) atoms. The van der Waals surface area contributed by atoms with Crippen LogP contribution in [0.2, 0.25) is 0 Å². The number of rotatable bonds is 11. The molecule has 0 saturated heterocycles. The van der Waals surface area contributed by atoms with Gasteiger partial charge in [0.1, 0.15) is 11.6 Å². The number of H-pyrrole nitrogens is 1. The average Bonchev–Trinajstić information content (AvgIpc) is 3.61. The summed E-state index contributed by atoms with van der Waals surface area (Å²) in [5.41, 5.74) is 4.95. The highest BCUT2D eigenvalue weighted by molar-refractivity contribution is 9.10. The lowest BCUT2D eigenvalue weighted by molar-refractivity contribution is -0.119. The molecule has 1 aromatic heterocycles. The van der Waals surface area contributed by atoms with E-state index in [0.29, 0.717) is 24.0 Å². The number of nitrogens with zero attached hydrogens (tertiary/aromatic N) is 1. The lowest BCUT2D eigenvalue weighted by Gasteiger charge is -2.18. The van der Waals surface area contributed by atoms with E-state index in [1.54, 1.807) is 26.2 Å². The van der Waals surface area contributed by atoms with Gasteiger partial charge in [0.25, 0.3) is 0 Å². The van der Waals surface area contributed by atoms with E-state index in [1.165, 1.54) is 24.3 Å². The maximum atomic E-state index is 13.7. The van der Waals surface area contributed by atoms with E-state index in [0.717, 1.165) is 38.9 Å². The van der Waals surface area contributed by atoms with Crippen molar-refractivity contribution in [1.82, 2.24) is 10.2 Å². The Hall–Kier alpha value is -4.37. The van der Waals surface area contributed by atoms with E-state index >= 15 is 0 Å². The Labute approximate surface area is 274 Å². The fourth-order valence-electron chi connectivity index (χ4n) is 5.07. The van der Waals surface area contributed by atoms with Crippen LogP contribution in [0, 0.1) is 23.3 Å². The summed E-state index contributed by atoms with van der Waals surface area (Å²) in [5, 5.41) is 6.69. The molecule has 2 unspecified atom stereocenters. The maximum absolute atomic E-state index is 13.7. The molecule has 1 heterocycles. The van der Waals surface area contributed by atoms with Crippen LogP contribution in [0.1, 0.15) is 73.6 Å². The molecule has 0 bridgehead atoms. The molecule has 9 heteroatoms. The van der Waals surface area contributed by atoms with Crippen LogP contribution in [0.3, 0.4) is 0 Å². The molecular formula is C37H33BrF4N2O2. The summed E-state index contributed by atoms with van der Waals surface area (Å²) in [6, 6.07) is 22.8. The number of ketones is 2. The van der Waals surface area contributed by atoms with Gasteiger partial charge in [-0.15, -0.1) is 0 Å². The fraction of sp³-hybridized carbons (Fsp3) is 0.216. The van der Waals surface area contributed by atoms with Gasteiger partial charge in [-0.1, -0.05) is 78.3 Å². The van der Waals surface area contributed by atoms with E-state index in [2.05, 4.69) is 26.1 Å². The number of benzene rings is 4. The van der Waals surface area contributed by atoms with Crippen LogP contribution in [0.15, 0.2) is 102 Å². The van der Waals surface area contributed by atoms with Gasteiger partial charge >= 0.3 is 0 Å². The van der Waals surface area contributed by atoms with E-state index in [4.69, 9.17) is 0 Å². The normalized spacial score (nSPS) is 12.2. The monoisotopic (exact) mass is 692 g/mol. The first-order valence-corrected chi connectivity index (χ1v) is 15.7. The molecule has 238 valence electrons. The number of hydrogen-bond donors (Lipinski definition) is 1. The third-order valence-electron chi connectivity index (χ3n) is 7.76. The highest BCUT2D eigenvalue weighted by Gasteiger charge is 2.20. The molecule has 0 aliphatic carbocycles. The summed E-state index contributed by atoms with van der Waals surface area (Å²) in [6.07, 6.45) is 4.89. The second-order valence-corrected chi connectivity index (χ2v) is 11.7. The van der Waals surface area contributed by atoms with Gasteiger partial charge in [-0.2, -0.15) is 5.10 Å². The van der Waals surface area contributed by atoms with Crippen molar-refractivity contribution in [2.75, 3.05) is 0 Å². The number of aromatic nitrogens is 2. The number of hydrogen-bond acceptors (Lipinski definition) is 3. The fourth-order valence-corrected chi connectivity index (χ4v) is 5.33. The maximum Gasteiger partial charge on any atom is 0.159 e. The molecule has 1 N–H and O–H groups in total. The molecule has 4 aromatic carbocycles. The Morgan fingerprint density at radius 1 is 0.630 bits per heavy atom. The summed E-state index contributed by atoms with van der Waals surface area (Å²) in [7, 11) is 0. The zero-order chi connectivity index (χ0) is 33.2. The van der Waals surface area contributed by atoms with Crippen LogP contribution in [-0.2, 0) is 9.59 Å². The molecule has 0 aliphatic rings. The topological polar surface area (TPSA) is 62.8 Å². The molecule has 4 nitrogen and oxygen atoms in total. The molecule has 2 atom stereocenters. The third-order valence-corrected chi connectivity index (χ3v) is 8.29. The zero-order valence-electron chi connectivity index (χ0n) is 25.4. The Kier molecular flexibility index (Phi) is 12.2. The van der Waals surface area contributed by atoms with Crippen LogP contribution in [0.5, 0.6) is 0 Å². The summed E-state index contributed by atoms with van der Waals surface area (Å²) in [5.74, 6) is -3.96. The minimum absolute atomic E-state index is 0.0774. The van der Waals surface area contributed by atoms with Gasteiger partial charge in [-0.25, -0.2) is 17.6 Å². The molecule has 0 saturated carbocycles. The van der Waals surface area contributed by atoms with Gasteiger partial charge in [0.15, 0.2) is 23.3 Å². The predicted octanol–water partition coefficient (Wildman–Crippen LogP) is 10.1. The summed E-state index contributed by atoms with van der Waals surface area (Å²) in [4.78, 5) is 23.8. The predicted molar refractivity (Wildman–Crippen MR) is 174 cm³/mol. The van der Waals surface area contributed by atoms with E-state index in [9.17, 15) is 27.2 Å². The number of nitrogens with one attached hydrogen (secondary N) is 1. The summed E-state index contributed by atoms with van der Waals surface area (Å²) in [6.45, 7) is 3.60. The first-order valence-electron chi connectivity index (χ1n) is 14.9.